The van der Waals surface area contributed by atoms with Crippen LogP contribution in [0.25, 0.3) is 0 Å². The van der Waals surface area contributed by atoms with E-state index < -0.39 is 34.6 Å². The largest absolute Gasteiger partial charge is 0.444 e. The van der Waals surface area contributed by atoms with Crippen LogP contribution < -0.4 is 9.80 Å². The first-order chi connectivity index (χ1) is 12.8. The first-order valence-electron chi connectivity index (χ1n) is 8.83. The highest BCUT2D eigenvalue weighted by atomic mass is 32.2. The maximum atomic E-state index is 14.6. The van der Waals surface area contributed by atoms with Gasteiger partial charge in [0.25, 0.3) is 0 Å². The maximum absolute atomic E-state index is 14.6. The highest BCUT2D eigenvalue weighted by molar-refractivity contribution is 7.86. The van der Waals surface area contributed by atoms with E-state index in [2.05, 4.69) is 0 Å². The molecule has 1 atom stereocenters. The normalized spacial score (nSPS) is 24.0. The Balaban J connectivity index is 1.47. The Morgan fingerprint density at radius 3 is 2.48 bits per heavy atom. The van der Waals surface area contributed by atoms with Gasteiger partial charge < -0.3 is 14.4 Å². The summed E-state index contributed by atoms with van der Waals surface area (Å²) in [5.41, 5.74) is -0.0720. The predicted molar refractivity (Wildman–Crippen MR) is 96.4 cm³/mol. The first kappa shape index (κ1) is 18.3. The zero-order valence-corrected chi connectivity index (χ0v) is 15.7. The summed E-state index contributed by atoms with van der Waals surface area (Å²) in [5, 5.41) is 0. The minimum absolute atomic E-state index is 0.00597. The van der Waals surface area contributed by atoms with Crippen LogP contribution in [-0.2, 0) is 20.3 Å². The zero-order chi connectivity index (χ0) is 19.3. The topological polar surface area (TPSA) is 66.9 Å². The molecule has 4 rings (SSSR count). The average Bonchev–Trinajstić information content (AvgIpc) is 2.89. The van der Waals surface area contributed by atoms with E-state index in [1.165, 1.54) is 11.8 Å². The van der Waals surface area contributed by atoms with Gasteiger partial charge in [-0.25, -0.2) is 13.6 Å². The second kappa shape index (κ2) is 6.54. The van der Waals surface area contributed by atoms with E-state index in [0.717, 1.165) is 12.1 Å². The summed E-state index contributed by atoms with van der Waals surface area (Å²) in [4.78, 5) is 25.9. The van der Waals surface area contributed by atoms with Crippen molar-refractivity contribution in [2.24, 2.45) is 5.41 Å². The van der Waals surface area contributed by atoms with Crippen LogP contribution in [0.4, 0.5) is 25.0 Å². The third kappa shape index (κ3) is 3.33. The summed E-state index contributed by atoms with van der Waals surface area (Å²) in [6, 6.07) is 2.27. The molecule has 0 unspecified atom stereocenters. The highest BCUT2D eigenvalue weighted by Gasteiger charge is 2.52. The fourth-order valence-electron chi connectivity index (χ4n) is 4.00. The number of hydrogen-bond acceptors (Lipinski definition) is 5. The van der Waals surface area contributed by atoms with E-state index in [1.54, 1.807) is 4.90 Å². The molecule has 3 aliphatic heterocycles. The number of carbonyl (C=O) groups excluding carboxylic acids is 2. The summed E-state index contributed by atoms with van der Waals surface area (Å²) in [7, 11) is -0.803. The number of benzene rings is 1. The first-order valence-corrected chi connectivity index (χ1v) is 10.3. The molecule has 0 radical (unpaired) electrons. The lowest BCUT2D eigenvalue weighted by atomic mass is 9.82. The summed E-state index contributed by atoms with van der Waals surface area (Å²) in [5.74, 6) is -0.299. The Kier molecular flexibility index (Phi) is 4.44. The molecule has 3 heterocycles. The number of ketones is 1. The minimum Gasteiger partial charge on any atom is -0.444 e. The third-order valence-electron chi connectivity index (χ3n) is 5.31. The fourth-order valence-corrected chi connectivity index (χ4v) is 5.65. The lowest BCUT2D eigenvalue weighted by Gasteiger charge is -2.55. The molecule has 6 nitrogen and oxygen atoms in total. The number of ether oxygens (including phenoxy) is 1. The van der Waals surface area contributed by atoms with Crippen molar-refractivity contribution in [3.63, 3.8) is 0 Å². The molecular weight excluding hydrogens is 378 g/mol. The molecule has 0 aliphatic carbocycles. The monoisotopic (exact) mass is 398 g/mol. The van der Waals surface area contributed by atoms with Crippen LogP contribution in [0.15, 0.2) is 12.1 Å². The van der Waals surface area contributed by atoms with E-state index in [4.69, 9.17) is 4.74 Å². The number of rotatable bonds is 5. The molecule has 3 saturated heterocycles. The fraction of sp³-hybridized carbons (Fsp3) is 0.556. The number of Topliss-reactive ketones (excluding diaryl/α,β-unsaturated/α-hetero) is 1. The lowest BCUT2D eigenvalue weighted by molar-refractivity contribution is -0.117. The molecule has 1 amide bonds. The third-order valence-corrected chi connectivity index (χ3v) is 7.18. The van der Waals surface area contributed by atoms with Gasteiger partial charge in [-0.05, 0) is 13.3 Å². The molecule has 0 bridgehead atoms. The average molecular weight is 398 g/mol. The number of nitrogens with zero attached hydrogens (tertiary/aromatic N) is 2. The van der Waals surface area contributed by atoms with E-state index in [1.807, 2.05) is 0 Å². The molecule has 0 N–H and O–H groups in total. The Morgan fingerprint density at radius 2 is 1.93 bits per heavy atom. The molecule has 0 aromatic heterocycles. The standard InChI is InChI=1S/C18H20F2N2O4S/c1-11(23)2-3-13-6-22(17(24)26-13)12-4-14(19)16(15(20)5-12)21-7-18(8-21)9-27(25)10-18/h4-5,13H,2-3,6-10H2,1H3/t13-/m0/s1. The van der Waals surface area contributed by atoms with Crippen LogP contribution in [0, 0.1) is 17.0 Å². The van der Waals surface area contributed by atoms with Gasteiger partial charge in [-0.15, -0.1) is 0 Å². The number of anilines is 2. The van der Waals surface area contributed by atoms with Crippen molar-refractivity contribution >= 4 is 34.1 Å². The van der Waals surface area contributed by atoms with Gasteiger partial charge in [-0.1, -0.05) is 0 Å². The van der Waals surface area contributed by atoms with Crippen molar-refractivity contribution in [1.29, 1.82) is 0 Å². The summed E-state index contributed by atoms with van der Waals surface area (Å²) < 4.78 is 45.7. The number of hydrogen-bond donors (Lipinski definition) is 0. The van der Waals surface area contributed by atoms with Crippen molar-refractivity contribution < 1.29 is 27.3 Å². The van der Waals surface area contributed by atoms with Gasteiger partial charge in [0.2, 0.25) is 0 Å². The maximum Gasteiger partial charge on any atom is 0.414 e. The summed E-state index contributed by atoms with van der Waals surface area (Å²) in [6.07, 6.45) is -0.468. The smallest absolute Gasteiger partial charge is 0.414 e. The van der Waals surface area contributed by atoms with Gasteiger partial charge in [0, 0.05) is 59.4 Å². The number of halogens is 2. The molecular formula is C18H20F2N2O4S. The van der Waals surface area contributed by atoms with Gasteiger partial charge >= 0.3 is 6.09 Å². The van der Waals surface area contributed by atoms with Crippen molar-refractivity contribution in [3.05, 3.63) is 23.8 Å². The van der Waals surface area contributed by atoms with Crippen LogP contribution >= 0.6 is 0 Å². The number of carbonyl (C=O) groups is 2. The molecule has 1 aromatic carbocycles. The number of amides is 1. The van der Waals surface area contributed by atoms with Crippen LogP contribution in [-0.4, -0.2) is 53.3 Å². The highest BCUT2D eigenvalue weighted by Crippen LogP contribution is 2.44. The predicted octanol–water partition coefficient (Wildman–Crippen LogP) is 2.23. The van der Waals surface area contributed by atoms with Gasteiger partial charge in [0.15, 0.2) is 11.6 Å². The summed E-state index contributed by atoms with van der Waals surface area (Å²) >= 11 is 0. The Labute approximate surface area is 157 Å². The van der Waals surface area contributed by atoms with Gasteiger partial charge in [-0.3, -0.25) is 9.11 Å². The zero-order valence-electron chi connectivity index (χ0n) is 14.9. The van der Waals surface area contributed by atoms with Crippen LogP contribution in [0.5, 0.6) is 0 Å². The lowest BCUT2D eigenvalue weighted by Crippen LogP contribution is -2.67. The van der Waals surface area contributed by atoms with E-state index in [9.17, 15) is 22.6 Å². The molecule has 146 valence electrons. The van der Waals surface area contributed by atoms with Gasteiger partial charge in [0.05, 0.1) is 12.2 Å². The van der Waals surface area contributed by atoms with Crippen molar-refractivity contribution in [2.75, 3.05) is 40.9 Å². The van der Waals surface area contributed by atoms with Crippen LogP contribution in [0.3, 0.4) is 0 Å². The SMILES string of the molecule is CC(=O)CC[C@H]1CN(c2cc(F)c(N3CC4(C3)CS(=O)C4)c(F)c2)C(=O)O1. The van der Waals surface area contributed by atoms with E-state index in [0.29, 0.717) is 31.0 Å². The Hall–Kier alpha value is -2.03. The molecule has 1 spiro atoms. The minimum atomic E-state index is -0.803. The van der Waals surface area contributed by atoms with Crippen molar-refractivity contribution in [2.45, 2.75) is 25.9 Å². The molecule has 9 heteroatoms. The van der Waals surface area contributed by atoms with Crippen molar-refractivity contribution in [1.82, 2.24) is 0 Å². The second-order valence-electron chi connectivity index (χ2n) is 7.70. The Morgan fingerprint density at radius 1 is 1.30 bits per heavy atom. The second-order valence-corrected chi connectivity index (χ2v) is 9.16. The molecule has 3 aliphatic rings. The molecule has 3 fully saturated rings. The van der Waals surface area contributed by atoms with Gasteiger partial charge in [0.1, 0.15) is 17.6 Å². The van der Waals surface area contributed by atoms with E-state index in [-0.39, 0.29) is 35.5 Å². The molecule has 0 saturated carbocycles. The van der Waals surface area contributed by atoms with Crippen LogP contribution in [0.2, 0.25) is 0 Å². The molecule has 1 aromatic rings. The van der Waals surface area contributed by atoms with E-state index >= 15 is 0 Å². The molecule has 27 heavy (non-hydrogen) atoms. The van der Waals surface area contributed by atoms with Crippen LogP contribution in [0.1, 0.15) is 19.8 Å². The Bertz CT molecular complexity index is 808. The summed E-state index contributed by atoms with van der Waals surface area (Å²) in [6.45, 7) is 2.60. The number of cyclic esters (lactones) is 1. The van der Waals surface area contributed by atoms with Gasteiger partial charge in [-0.2, -0.15) is 0 Å². The van der Waals surface area contributed by atoms with Crippen molar-refractivity contribution in [3.8, 4) is 0 Å². The quantitative estimate of drug-likeness (QED) is 0.761.